The van der Waals surface area contributed by atoms with Crippen LogP contribution in [0.1, 0.15) is 25.1 Å². The van der Waals surface area contributed by atoms with Crippen molar-refractivity contribution in [1.82, 2.24) is 10.3 Å². The number of hydrogen-bond acceptors (Lipinski definition) is 4. The van der Waals surface area contributed by atoms with Gasteiger partial charge in [0.15, 0.2) is 0 Å². The zero-order valence-electron chi connectivity index (χ0n) is 9.64. The molecule has 0 spiro atoms. The van der Waals surface area contributed by atoms with Crippen molar-refractivity contribution in [3.8, 4) is 0 Å². The van der Waals surface area contributed by atoms with Crippen LogP contribution in [0, 0.1) is 11.8 Å². The maximum atomic E-state index is 11.0. The summed E-state index contributed by atoms with van der Waals surface area (Å²) < 4.78 is 0. The molecule has 90 valence electrons. The van der Waals surface area contributed by atoms with E-state index < -0.39 is 5.97 Å². The van der Waals surface area contributed by atoms with Gasteiger partial charge >= 0.3 is 5.97 Å². The molecule has 0 aliphatic rings. The number of rotatable bonds is 7. The second-order valence-corrected chi connectivity index (χ2v) is 5.23. The highest BCUT2D eigenvalue weighted by atomic mass is 32.1. The molecule has 0 aliphatic carbocycles. The number of hydrogen-bond donors (Lipinski definition) is 2. The Morgan fingerprint density at radius 2 is 2.38 bits per heavy atom. The number of aliphatic carboxylic acids is 1. The molecule has 0 fully saturated rings. The number of carboxylic acid groups (broad SMARTS) is 1. The zero-order valence-corrected chi connectivity index (χ0v) is 10.5. The van der Waals surface area contributed by atoms with Crippen molar-refractivity contribution >= 4 is 17.3 Å². The fraction of sp³-hybridized carbons (Fsp3) is 0.636. The average Bonchev–Trinajstić information content (AvgIpc) is 2.68. The van der Waals surface area contributed by atoms with Crippen LogP contribution in [0.5, 0.6) is 0 Å². The van der Waals surface area contributed by atoms with Crippen LogP contribution in [0.4, 0.5) is 0 Å². The van der Waals surface area contributed by atoms with Crippen molar-refractivity contribution in [1.29, 1.82) is 0 Å². The Bertz CT molecular complexity index is 312. The Morgan fingerprint density at radius 1 is 1.62 bits per heavy atom. The summed E-state index contributed by atoms with van der Waals surface area (Å²) in [4.78, 5) is 16.1. The van der Waals surface area contributed by atoms with Gasteiger partial charge in [0.05, 0.1) is 11.4 Å². The van der Waals surface area contributed by atoms with Gasteiger partial charge in [-0.1, -0.05) is 13.8 Å². The Kier molecular flexibility index (Phi) is 5.42. The molecule has 2 N–H and O–H groups in total. The van der Waals surface area contributed by atoms with E-state index in [9.17, 15) is 4.79 Å². The van der Waals surface area contributed by atoms with Crippen LogP contribution < -0.4 is 5.32 Å². The number of aromatic nitrogens is 1. The van der Waals surface area contributed by atoms with Gasteiger partial charge < -0.3 is 10.4 Å². The second-order valence-electron chi connectivity index (χ2n) is 4.26. The Hall–Kier alpha value is -0.940. The average molecular weight is 242 g/mol. The molecule has 1 unspecified atom stereocenters. The van der Waals surface area contributed by atoms with Crippen LogP contribution in [0.15, 0.2) is 11.7 Å². The van der Waals surface area contributed by atoms with Crippen molar-refractivity contribution in [2.45, 2.75) is 26.8 Å². The van der Waals surface area contributed by atoms with E-state index in [1.807, 2.05) is 13.8 Å². The molecule has 1 heterocycles. The molecule has 4 nitrogen and oxygen atoms in total. The van der Waals surface area contributed by atoms with Gasteiger partial charge in [0, 0.05) is 24.2 Å². The number of nitrogens with one attached hydrogen (secondary N) is 1. The summed E-state index contributed by atoms with van der Waals surface area (Å²) in [5.74, 6) is -0.607. The van der Waals surface area contributed by atoms with Crippen LogP contribution in [0.25, 0.3) is 0 Å². The Morgan fingerprint density at radius 3 is 2.88 bits per heavy atom. The molecule has 5 heteroatoms. The number of carbonyl (C=O) groups is 1. The van der Waals surface area contributed by atoms with Crippen LogP contribution in [0.3, 0.4) is 0 Å². The predicted molar refractivity (Wildman–Crippen MR) is 64.4 cm³/mol. The van der Waals surface area contributed by atoms with Gasteiger partial charge in [-0.3, -0.25) is 9.78 Å². The van der Waals surface area contributed by atoms with Crippen LogP contribution >= 0.6 is 11.3 Å². The Labute approximate surface area is 99.7 Å². The van der Waals surface area contributed by atoms with E-state index in [2.05, 4.69) is 10.3 Å². The minimum atomic E-state index is -0.717. The zero-order chi connectivity index (χ0) is 12.0. The molecule has 0 saturated carbocycles. The van der Waals surface area contributed by atoms with Gasteiger partial charge in [0.2, 0.25) is 0 Å². The summed E-state index contributed by atoms with van der Waals surface area (Å²) in [5.41, 5.74) is 1.78. The lowest BCUT2D eigenvalue weighted by Gasteiger charge is -2.14. The molecule has 1 rings (SSSR count). The highest BCUT2D eigenvalue weighted by molar-refractivity contribution is 7.09. The summed E-state index contributed by atoms with van der Waals surface area (Å²) in [6.45, 7) is 5.30. The first-order valence-corrected chi connectivity index (χ1v) is 6.28. The standard InChI is InChI=1S/C11H18N2O2S/c1-8(2)3-9(11(14)15)4-12-5-10-6-13-7-16-10/h6-9,12H,3-5H2,1-2H3,(H,14,15). The van der Waals surface area contributed by atoms with E-state index in [-0.39, 0.29) is 5.92 Å². The highest BCUT2D eigenvalue weighted by Gasteiger charge is 2.18. The molecule has 0 radical (unpaired) electrons. The van der Waals surface area contributed by atoms with Crippen molar-refractivity contribution in [2.24, 2.45) is 11.8 Å². The van der Waals surface area contributed by atoms with Crippen LogP contribution in [0.2, 0.25) is 0 Å². The fourth-order valence-corrected chi connectivity index (χ4v) is 2.10. The third-order valence-electron chi connectivity index (χ3n) is 2.28. The largest absolute Gasteiger partial charge is 0.481 e. The molecule has 0 saturated heterocycles. The molecule has 0 bridgehead atoms. The van der Waals surface area contributed by atoms with Crippen molar-refractivity contribution in [3.05, 3.63) is 16.6 Å². The molecule has 1 aromatic heterocycles. The normalized spacial score (nSPS) is 12.9. The summed E-state index contributed by atoms with van der Waals surface area (Å²) >= 11 is 1.58. The number of thiazole rings is 1. The molecule has 1 atom stereocenters. The summed E-state index contributed by atoms with van der Waals surface area (Å²) in [6.07, 6.45) is 2.51. The number of carboxylic acids is 1. The van der Waals surface area contributed by atoms with Gasteiger partial charge in [-0.25, -0.2) is 0 Å². The van der Waals surface area contributed by atoms with E-state index in [1.54, 1.807) is 23.0 Å². The molecule has 16 heavy (non-hydrogen) atoms. The summed E-state index contributed by atoms with van der Waals surface area (Å²) in [5, 5.41) is 12.2. The lowest BCUT2D eigenvalue weighted by atomic mass is 9.97. The Balaban J connectivity index is 2.30. The minimum Gasteiger partial charge on any atom is -0.481 e. The predicted octanol–water partition coefficient (Wildman–Crippen LogP) is 1.98. The quantitative estimate of drug-likeness (QED) is 0.767. The van der Waals surface area contributed by atoms with E-state index in [0.29, 0.717) is 25.4 Å². The first-order chi connectivity index (χ1) is 7.59. The molecule has 0 amide bonds. The molecule has 0 aliphatic heterocycles. The SMILES string of the molecule is CC(C)CC(CNCc1cncs1)C(=O)O. The molecular formula is C11H18N2O2S. The van der Waals surface area contributed by atoms with E-state index >= 15 is 0 Å². The van der Waals surface area contributed by atoms with E-state index in [1.165, 1.54) is 0 Å². The first kappa shape index (κ1) is 13.1. The molecule has 1 aromatic rings. The maximum absolute atomic E-state index is 11.0. The van der Waals surface area contributed by atoms with Gasteiger partial charge in [-0.05, 0) is 12.3 Å². The van der Waals surface area contributed by atoms with Crippen LogP contribution in [-0.2, 0) is 11.3 Å². The van der Waals surface area contributed by atoms with Crippen molar-refractivity contribution in [3.63, 3.8) is 0 Å². The lowest BCUT2D eigenvalue weighted by Crippen LogP contribution is -2.29. The van der Waals surface area contributed by atoms with Crippen molar-refractivity contribution < 1.29 is 9.90 Å². The van der Waals surface area contributed by atoms with Gasteiger partial charge in [0.1, 0.15) is 0 Å². The second kappa shape index (κ2) is 6.60. The van der Waals surface area contributed by atoms with Crippen molar-refractivity contribution in [2.75, 3.05) is 6.54 Å². The van der Waals surface area contributed by atoms with E-state index in [0.717, 1.165) is 4.88 Å². The monoisotopic (exact) mass is 242 g/mol. The molecular weight excluding hydrogens is 224 g/mol. The minimum absolute atomic E-state index is 0.298. The molecule has 0 aromatic carbocycles. The third-order valence-corrected chi connectivity index (χ3v) is 3.06. The smallest absolute Gasteiger partial charge is 0.307 e. The highest BCUT2D eigenvalue weighted by Crippen LogP contribution is 2.12. The summed E-state index contributed by atoms with van der Waals surface area (Å²) in [6, 6.07) is 0. The topological polar surface area (TPSA) is 62.2 Å². The maximum Gasteiger partial charge on any atom is 0.307 e. The van der Waals surface area contributed by atoms with Gasteiger partial charge in [-0.2, -0.15) is 0 Å². The van der Waals surface area contributed by atoms with Crippen LogP contribution in [-0.4, -0.2) is 22.6 Å². The van der Waals surface area contributed by atoms with E-state index in [4.69, 9.17) is 5.11 Å². The van der Waals surface area contributed by atoms with Gasteiger partial charge in [-0.15, -0.1) is 11.3 Å². The first-order valence-electron chi connectivity index (χ1n) is 5.40. The lowest BCUT2D eigenvalue weighted by molar-refractivity contribution is -0.142. The third kappa shape index (κ3) is 4.72. The number of nitrogens with zero attached hydrogens (tertiary/aromatic N) is 1. The summed E-state index contributed by atoms with van der Waals surface area (Å²) in [7, 11) is 0. The van der Waals surface area contributed by atoms with Gasteiger partial charge in [0.25, 0.3) is 0 Å². The fourth-order valence-electron chi connectivity index (χ4n) is 1.54.